The standard InChI is InChI=1S/C12H11BrS/c1-9(11-5-6-14-8-11)10-3-2-4-12(13)7-10/h2-9H,1H3. The smallest absolute Gasteiger partial charge is 0.0178 e. The number of hydrogen-bond donors (Lipinski definition) is 0. The summed E-state index contributed by atoms with van der Waals surface area (Å²) < 4.78 is 1.15. The SMILES string of the molecule is CC(c1ccsc1)c1cccc(Br)c1. The molecule has 1 aromatic heterocycles. The van der Waals surface area contributed by atoms with Crippen LogP contribution in [0.4, 0.5) is 0 Å². The summed E-state index contributed by atoms with van der Waals surface area (Å²) in [4.78, 5) is 0. The first-order chi connectivity index (χ1) is 6.77. The Morgan fingerprint density at radius 2 is 2.07 bits per heavy atom. The second kappa shape index (κ2) is 4.28. The number of benzene rings is 1. The summed E-state index contributed by atoms with van der Waals surface area (Å²) in [5, 5.41) is 4.34. The zero-order valence-electron chi connectivity index (χ0n) is 7.91. The Balaban J connectivity index is 2.32. The monoisotopic (exact) mass is 266 g/mol. The highest BCUT2D eigenvalue weighted by Crippen LogP contribution is 2.27. The van der Waals surface area contributed by atoms with E-state index in [-0.39, 0.29) is 0 Å². The van der Waals surface area contributed by atoms with Crippen LogP contribution in [0.1, 0.15) is 24.0 Å². The molecule has 2 heteroatoms. The van der Waals surface area contributed by atoms with Crippen LogP contribution in [0, 0.1) is 0 Å². The minimum atomic E-state index is 0.485. The van der Waals surface area contributed by atoms with Gasteiger partial charge in [-0.2, -0.15) is 11.3 Å². The highest BCUT2D eigenvalue weighted by atomic mass is 79.9. The van der Waals surface area contributed by atoms with Crippen molar-refractivity contribution < 1.29 is 0 Å². The Hall–Kier alpha value is -0.600. The van der Waals surface area contributed by atoms with E-state index in [9.17, 15) is 0 Å². The second-order valence-corrected chi connectivity index (χ2v) is 5.03. The van der Waals surface area contributed by atoms with Crippen LogP contribution in [0.15, 0.2) is 45.6 Å². The number of hydrogen-bond acceptors (Lipinski definition) is 1. The van der Waals surface area contributed by atoms with Crippen LogP contribution in [0.25, 0.3) is 0 Å². The molecule has 0 radical (unpaired) electrons. The van der Waals surface area contributed by atoms with Crippen molar-refractivity contribution in [2.45, 2.75) is 12.8 Å². The van der Waals surface area contributed by atoms with E-state index < -0.39 is 0 Å². The molecule has 72 valence electrons. The Bertz CT molecular complexity index is 406. The Kier molecular flexibility index (Phi) is 3.04. The molecule has 0 aliphatic rings. The van der Waals surface area contributed by atoms with Crippen molar-refractivity contribution in [3.63, 3.8) is 0 Å². The molecule has 0 bridgehead atoms. The minimum Gasteiger partial charge on any atom is -0.152 e. The molecule has 0 spiro atoms. The van der Waals surface area contributed by atoms with Gasteiger partial charge >= 0.3 is 0 Å². The topological polar surface area (TPSA) is 0 Å². The first-order valence-corrected chi connectivity index (χ1v) is 6.28. The van der Waals surface area contributed by atoms with Crippen LogP contribution in [-0.2, 0) is 0 Å². The van der Waals surface area contributed by atoms with Crippen LogP contribution in [0.5, 0.6) is 0 Å². The third kappa shape index (κ3) is 2.07. The summed E-state index contributed by atoms with van der Waals surface area (Å²) in [5.41, 5.74) is 2.76. The largest absolute Gasteiger partial charge is 0.152 e. The zero-order valence-corrected chi connectivity index (χ0v) is 10.3. The average molecular weight is 267 g/mol. The molecule has 0 N–H and O–H groups in total. The Morgan fingerprint density at radius 3 is 2.71 bits per heavy atom. The van der Waals surface area contributed by atoms with E-state index in [0.717, 1.165) is 4.47 Å². The molecule has 0 fully saturated rings. The van der Waals surface area contributed by atoms with E-state index in [4.69, 9.17) is 0 Å². The molecule has 1 unspecified atom stereocenters. The fourth-order valence-corrected chi connectivity index (χ4v) is 2.66. The molecule has 2 rings (SSSR count). The molecular formula is C12H11BrS. The van der Waals surface area contributed by atoms with Gasteiger partial charge in [0.15, 0.2) is 0 Å². The van der Waals surface area contributed by atoms with Crippen LogP contribution >= 0.6 is 27.3 Å². The molecule has 0 amide bonds. The normalized spacial score (nSPS) is 12.7. The van der Waals surface area contributed by atoms with Crippen LogP contribution in [0.2, 0.25) is 0 Å². The zero-order chi connectivity index (χ0) is 9.97. The highest BCUT2D eigenvalue weighted by Gasteiger charge is 2.08. The van der Waals surface area contributed by atoms with Crippen LogP contribution < -0.4 is 0 Å². The van der Waals surface area contributed by atoms with Gasteiger partial charge in [0, 0.05) is 10.4 Å². The summed E-state index contributed by atoms with van der Waals surface area (Å²) in [5.74, 6) is 0.485. The van der Waals surface area contributed by atoms with Crippen molar-refractivity contribution in [2.24, 2.45) is 0 Å². The third-order valence-corrected chi connectivity index (χ3v) is 3.59. The lowest BCUT2D eigenvalue weighted by Gasteiger charge is -2.10. The lowest BCUT2D eigenvalue weighted by atomic mass is 9.96. The van der Waals surface area contributed by atoms with Crippen molar-refractivity contribution in [3.8, 4) is 0 Å². The summed E-state index contributed by atoms with van der Waals surface area (Å²) in [7, 11) is 0. The molecule has 0 nitrogen and oxygen atoms in total. The van der Waals surface area contributed by atoms with Crippen LogP contribution in [0.3, 0.4) is 0 Å². The second-order valence-electron chi connectivity index (χ2n) is 3.33. The molecule has 0 aliphatic heterocycles. The fourth-order valence-electron chi connectivity index (χ4n) is 1.49. The number of thiophene rings is 1. The van der Waals surface area contributed by atoms with Crippen molar-refractivity contribution in [3.05, 3.63) is 56.7 Å². The Labute approximate surface area is 96.7 Å². The predicted molar refractivity (Wildman–Crippen MR) is 66.0 cm³/mol. The van der Waals surface area contributed by atoms with Crippen molar-refractivity contribution in [1.29, 1.82) is 0 Å². The summed E-state index contributed by atoms with van der Waals surface area (Å²) in [6.45, 7) is 2.24. The molecule has 0 aliphatic carbocycles. The highest BCUT2D eigenvalue weighted by molar-refractivity contribution is 9.10. The molecule has 0 saturated heterocycles. The van der Waals surface area contributed by atoms with Crippen molar-refractivity contribution in [1.82, 2.24) is 0 Å². The van der Waals surface area contributed by atoms with E-state index >= 15 is 0 Å². The first kappa shape index (κ1) is 9.94. The van der Waals surface area contributed by atoms with Gasteiger partial charge in [0.25, 0.3) is 0 Å². The van der Waals surface area contributed by atoms with Gasteiger partial charge in [0.2, 0.25) is 0 Å². The maximum atomic E-state index is 3.50. The molecule has 14 heavy (non-hydrogen) atoms. The summed E-state index contributed by atoms with van der Waals surface area (Å²) in [6, 6.07) is 10.7. The van der Waals surface area contributed by atoms with Gasteiger partial charge in [-0.25, -0.2) is 0 Å². The van der Waals surface area contributed by atoms with E-state index in [1.54, 1.807) is 11.3 Å². The van der Waals surface area contributed by atoms with E-state index in [2.05, 4.69) is 63.9 Å². The third-order valence-electron chi connectivity index (χ3n) is 2.39. The van der Waals surface area contributed by atoms with E-state index in [1.165, 1.54) is 11.1 Å². The van der Waals surface area contributed by atoms with Gasteiger partial charge in [-0.15, -0.1) is 0 Å². The fraction of sp³-hybridized carbons (Fsp3) is 0.167. The summed E-state index contributed by atoms with van der Waals surface area (Å²) >= 11 is 5.25. The molecule has 0 saturated carbocycles. The lowest BCUT2D eigenvalue weighted by Crippen LogP contribution is -1.93. The predicted octanol–water partition coefficient (Wildman–Crippen LogP) is 4.66. The van der Waals surface area contributed by atoms with Crippen LogP contribution in [-0.4, -0.2) is 0 Å². The van der Waals surface area contributed by atoms with Gasteiger partial charge in [-0.1, -0.05) is 35.0 Å². The van der Waals surface area contributed by atoms with Gasteiger partial charge < -0.3 is 0 Å². The van der Waals surface area contributed by atoms with E-state index in [1.807, 2.05) is 0 Å². The van der Waals surface area contributed by atoms with Crippen molar-refractivity contribution >= 4 is 27.3 Å². The molecular weight excluding hydrogens is 256 g/mol. The maximum absolute atomic E-state index is 3.50. The van der Waals surface area contributed by atoms with Gasteiger partial charge in [0.1, 0.15) is 0 Å². The molecule has 1 heterocycles. The Morgan fingerprint density at radius 1 is 1.21 bits per heavy atom. The van der Waals surface area contributed by atoms with E-state index in [0.29, 0.717) is 5.92 Å². The van der Waals surface area contributed by atoms with Gasteiger partial charge in [-0.05, 0) is 40.1 Å². The molecule has 1 atom stereocenters. The lowest BCUT2D eigenvalue weighted by molar-refractivity contribution is 0.928. The minimum absolute atomic E-state index is 0.485. The van der Waals surface area contributed by atoms with Crippen molar-refractivity contribution in [2.75, 3.05) is 0 Å². The van der Waals surface area contributed by atoms with Gasteiger partial charge in [0.05, 0.1) is 0 Å². The average Bonchev–Trinajstić information content (AvgIpc) is 2.69. The number of halogens is 1. The first-order valence-electron chi connectivity index (χ1n) is 4.55. The summed E-state index contributed by atoms with van der Waals surface area (Å²) in [6.07, 6.45) is 0. The molecule has 1 aromatic carbocycles. The van der Waals surface area contributed by atoms with Gasteiger partial charge in [-0.3, -0.25) is 0 Å². The quantitative estimate of drug-likeness (QED) is 0.742. The maximum Gasteiger partial charge on any atom is 0.0178 e. The molecule has 2 aromatic rings. The number of rotatable bonds is 2.